The average molecular weight is 333 g/mol. The van der Waals surface area contributed by atoms with E-state index in [2.05, 4.69) is 12.2 Å². The summed E-state index contributed by atoms with van der Waals surface area (Å²) in [6.45, 7) is 6.23. The van der Waals surface area contributed by atoms with Crippen molar-refractivity contribution in [1.29, 1.82) is 0 Å². The molecule has 0 aliphatic carbocycles. The van der Waals surface area contributed by atoms with Crippen molar-refractivity contribution in [2.24, 2.45) is 0 Å². The maximum atomic E-state index is 12.5. The first-order chi connectivity index (χ1) is 11.0. The van der Waals surface area contributed by atoms with Gasteiger partial charge in [0.1, 0.15) is 6.61 Å². The molecule has 0 saturated heterocycles. The molecular weight excluding hydrogens is 310 g/mol. The molecule has 0 aromatic heterocycles. The van der Waals surface area contributed by atoms with Crippen LogP contribution in [0.15, 0.2) is 35.5 Å². The Morgan fingerprint density at radius 1 is 1.35 bits per heavy atom. The number of carbonyl (C=O) groups is 2. The molecule has 1 aromatic rings. The first-order valence-electron chi connectivity index (χ1n) is 7.85. The van der Waals surface area contributed by atoms with Crippen molar-refractivity contribution >= 4 is 23.6 Å². The van der Waals surface area contributed by atoms with Crippen LogP contribution in [-0.4, -0.2) is 30.0 Å². The van der Waals surface area contributed by atoms with Crippen molar-refractivity contribution in [1.82, 2.24) is 5.32 Å². The lowest BCUT2D eigenvalue weighted by Gasteiger charge is -2.27. The van der Waals surface area contributed by atoms with Gasteiger partial charge in [0.2, 0.25) is 5.91 Å². The van der Waals surface area contributed by atoms with Crippen LogP contribution >= 0.6 is 11.8 Å². The second-order valence-electron chi connectivity index (χ2n) is 5.53. The number of allylic oxidation sites excluding steroid dienone is 1. The first-order valence-corrected chi connectivity index (χ1v) is 9.01. The van der Waals surface area contributed by atoms with E-state index < -0.39 is 0 Å². The summed E-state index contributed by atoms with van der Waals surface area (Å²) in [7, 11) is 0. The summed E-state index contributed by atoms with van der Waals surface area (Å²) >= 11 is 1.73. The number of amides is 1. The summed E-state index contributed by atoms with van der Waals surface area (Å²) in [5.74, 6) is 1.16. The molecule has 1 atom stereocenters. The van der Waals surface area contributed by atoms with Crippen LogP contribution in [0.1, 0.15) is 37.3 Å². The number of aryl methyl sites for hydroxylation is 1. The summed E-state index contributed by atoms with van der Waals surface area (Å²) in [6, 6.07) is 7.87. The van der Waals surface area contributed by atoms with Crippen LogP contribution in [0.4, 0.5) is 0 Å². The molecule has 0 bridgehead atoms. The fourth-order valence-corrected chi connectivity index (χ4v) is 3.32. The molecule has 1 aliphatic rings. The lowest BCUT2D eigenvalue weighted by Crippen LogP contribution is -2.34. The second-order valence-corrected chi connectivity index (χ2v) is 6.93. The minimum Gasteiger partial charge on any atom is -0.461 e. The van der Waals surface area contributed by atoms with Crippen molar-refractivity contribution in [2.45, 2.75) is 33.1 Å². The Balaban J connectivity index is 2.25. The van der Waals surface area contributed by atoms with Crippen LogP contribution in [-0.2, 0) is 14.3 Å². The first kappa shape index (κ1) is 17.6. The largest absolute Gasteiger partial charge is 0.461 e. The fourth-order valence-electron chi connectivity index (χ4n) is 2.83. The van der Waals surface area contributed by atoms with Crippen LogP contribution in [0.2, 0.25) is 0 Å². The third-order valence-corrected chi connectivity index (χ3v) is 4.78. The predicted octanol–water partition coefficient (Wildman–Crippen LogP) is 3.17. The van der Waals surface area contributed by atoms with E-state index >= 15 is 0 Å². The maximum Gasteiger partial charge on any atom is 0.336 e. The van der Waals surface area contributed by atoms with E-state index in [1.807, 2.05) is 31.2 Å². The molecule has 4 nitrogen and oxygen atoms in total. The second kappa shape index (κ2) is 8.20. The topological polar surface area (TPSA) is 55.4 Å². The molecule has 1 heterocycles. The number of rotatable bonds is 6. The molecule has 0 spiro atoms. The van der Waals surface area contributed by atoms with E-state index in [0.717, 1.165) is 22.6 Å². The zero-order valence-corrected chi connectivity index (χ0v) is 14.7. The Morgan fingerprint density at radius 2 is 2.09 bits per heavy atom. The van der Waals surface area contributed by atoms with Gasteiger partial charge in [0, 0.05) is 23.8 Å². The molecule has 1 amide bonds. The van der Waals surface area contributed by atoms with E-state index in [1.54, 1.807) is 18.7 Å². The number of esters is 1. The molecule has 0 radical (unpaired) electrons. The fraction of sp³-hybridized carbons (Fsp3) is 0.444. The highest BCUT2D eigenvalue weighted by Gasteiger charge is 2.33. The Bertz CT molecular complexity index is 624. The third-order valence-electron chi connectivity index (χ3n) is 3.92. The molecule has 1 aromatic carbocycles. The van der Waals surface area contributed by atoms with Gasteiger partial charge in [-0.2, -0.15) is 11.8 Å². The molecule has 23 heavy (non-hydrogen) atoms. The van der Waals surface area contributed by atoms with Gasteiger partial charge in [0.05, 0.1) is 5.57 Å². The van der Waals surface area contributed by atoms with Crippen molar-refractivity contribution in [3.8, 4) is 0 Å². The number of carbonyl (C=O) groups excluding carboxylic acids is 2. The lowest BCUT2D eigenvalue weighted by molar-refractivity contribution is -0.139. The monoisotopic (exact) mass is 333 g/mol. The summed E-state index contributed by atoms with van der Waals surface area (Å²) in [4.78, 5) is 24.5. The Labute approximate surface area is 141 Å². The zero-order valence-electron chi connectivity index (χ0n) is 13.8. The number of thioether (sulfide) groups is 1. The Hall–Kier alpha value is -1.75. The summed E-state index contributed by atoms with van der Waals surface area (Å²) in [5, 5.41) is 2.77. The SMILES string of the molecule is CCSCCOC(=O)C1=C(C)NC(=O)C[C@H]1c1ccccc1C. The molecular formula is C18H23NO3S. The number of hydrogen-bond acceptors (Lipinski definition) is 4. The molecule has 5 heteroatoms. The van der Waals surface area contributed by atoms with Gasteiger partial charge in [-0.15, -0.1) is 0 Å². The average Bonchev–Trinajstić information content (AvgIpc) is 2.51. The molecule has 1 aliphatic heterocycles. The summed E-state index contributed by atoms with van der Waals surface area (Å²) < 4.78 is 5.41. The zero-order chi connectivity index (χ0) is 16.8. The lowest BCUT2D eigenvalue weighted by atomic mass is 9.82. The van der Waals surface area contributed by atoms with Crippen LogP contribution < -0.4 is 5.32 Å². The van der Waals surface area contributed by atoms with Crippen LogP contribution in [0.5, 0.6) is 0 Å². The van der Waals surface area contributed by atoms with Gasteiger partial charge >= 0.3 is 5.97 Å². The highest BCUT2D eigenvalue weighted by atomic mass is 32.2. The minimum absolute atomic E-state index is 0.0613. The number of benzene rings is 1. The van der Waals surface area contributed by atoms with E-state index in [9.17, 15) is 9.59 Å². The van der Waals surface area contributed by atoms with Gasteiger partial charge < -0.3 is 10.1 Å². The van der Waals surface area contributed by atoms with Gasteiger partial charge in [0.15, 0.2) is 0 Å². The molecule has 2 rings (SSSR count). The molecule has 0 saturated carbocycles. The third kappa shape index (κ3) is 4.38. The predicted molar refractivity (Wildman–Crippen MR) is 93.3 cm³/mol. The van der Waals surface area contributed by atoms with Gasteiger partial charge in [0.25, 0.3) is 0 Å². The number of nitrogens with one attached hydrogen (secondary N) is 1. The molecule has 0 fully saturated rings. The van der Waals surface area contributed by atoms with E-state index in [-0.39, 0.29) is 24.2 Å². The molecule has 0 unspecified atom stereocenters. The van der Waals surface area contributed by atoms with Gasteiger partial charge in [-0.1, -0.05) is 31.2 Å². The summed E-state index contributed by atoms with van der Waals surface area (Å²) in [5.41, 5.74) is 3.26. The van der Waals surface area contributed by atoms with Gasteiger partial charge in [-0.05, 0) is 30.7 Å². The van der Waals surface area contributed by atoms with Crippen molar-refractivity contribution in [3.05, 3.63) is 46.7 Å². The van der Waals surface area contributed by atoms with E-state index in [4.69, 9.17) is 4.74 Å². The standard InChI is InChI=1S/C18H23NO3S/c1-4-23-10-9-22-18(21)17-13(3)19-16(20)11-15(17)14-8-6-5-7-12(14)2/h5-8,15H,4,9-11H2,1-3H3,(H,19,20)/t15-/m0/s1. The quantitative estimate of drug-likeness (QED) is 0.642. The minimum atomic E-state index is -0.326. The number of hydrogen-bond donors (Lipinski definition) is 1. The van der Waals surface area contributed by atoms with Gasteiger partial charge in [-0.25, -0.2) is 4.79 Å². The Kier molecular flexibility index (Phi) is 6.28. The van der Waals surface area contributed by atoms with Crippen molar-refractivity contribution in [2.75, 3.05) is 18.1 Å². The van der Waals surface area contributed by atoms with E-state index in [1.165, 1.54) is 0 Å². The summed E-state index contributed by atoms with van der Waals surface area (Å²) in [6.07, 6.45) is 0.274. The smallest absolute Gasteiger partial charge is 0.336 e. The van der Waals surface area contributed by atoms with Crippen molar-refractivity contribution in [3.63, 3.8) is 0 Å². The number of ether oxygens (including phenoxy) is 1. The normalized spacial score (nSPS) is 17.9. The molecule has 124 valence electrons. The van der Waals surface area contributed by atoms with Gasteiger partial charge in [-0.3, -0.25) is 4.79 Å². The van der Waals surface area contributed by atoms with Crippen LogP contribution in [0, 0.1) is 6.92 Å². The van der Waals surface area contributed by atoms with Crippen LogP contribution in [0.3, 0.4) is 0 Å². The van der Waals surface area contributed by atoms with Crippen molar-refractivity contribution < 1.29 is 14.3 Å². The maximum absolute atomic E-state index is 12.5. The molecule has 1 N–H and O–H groups in total. The van der Waals surface area contributed by atoms with E-state index in [0.29, 0.717) is 17.9 Å². The Morgan fingerprint density at radius 3 is 2.78 bits per heavy atom. The highest BCUT2D eigenvalue weighted by Crippen LogP contribution is 2.35. The van der Waals surface area contributed by atoms with Crippen LogP contribution in [0.25, 0.3) is 0 Å². The highest BCUT2D eigenvalue weighted by molar-refractivity contribution is 7.99.